The van der Waals surface area contributed by atoms with Gasteiger partial charge in [-0.05, 0) is 32.8 Å². The molecule has 0 radical (unpaired) electrons. The quantitative estimate of drug-likeness (QED) is 0.397. The molecule has 0 N–H and O–H groups in total. The van der Waals surface area contributed by atoms with Gasteiger partial charge < -0.3 is 14.2 Å². The zero-order chi connectivity index (χ0) is 15.7. The number of rotatable bonds is 9. The Kier molecular flexibility index (Phi) is 7.12. The lowest BCUT2D eigenvalue weighted by atomic mass is 10.1. The molecule has 0 amide bonds. The first-order valence-corrected chi connectivity index (χ1v) is 7.23. The highest BCUT2D eigenvalue weighted by atomic mass is 16.9. The van der Waals surface area contributed by atoms with Crippen LogP contribution in [0.25, 0.3) is 0 Å². The highest BCUT2D eigenvalue weighted by Gasteiger charge is 2.36. The van der Waals surface area contributed by atoms with E-state index >= 15 is 0 Å². The van der Waals surface area contributed by atoms with E-state index in [1.54, 1.807) is 6.92 Å². The Bertz CT molecular complexity index is 447. The molecule has 0 spiro atoms. The van der Waals surface area contributed by atoms with Gasteiger partial charge in [0.25, 0.3) is 0 Å². The fourth-order valence-electron chi connectivity index (χ4n) is 1.91. The number of esters is 1. The van der Waals surface area contributed by atoms with Crippen molar-refractivity contribution in [1.29, 1.82) is 0 Å². The first kappa shape index (κ1) is 17.4. The van der Waals surface area contributed by atoms with Gasteiger partial charge in [0, 0.05) is 12.0 Å². The molecule has 0 aromatic heterocycles. The van der Waals surface area contributed by atoms with Crippen LogP contribution >= 0.6 is 0 Å². The van der Waals surface area contributed by atoms with E-state index in [9.17, 15) is 4.79 Å². The molecule has 1 aromatic rings. The summed E-state index contributed by atoms with van der Waals surface area (Å²) in [7, 11) is 0. The fraction of sp³-hybridized carbons (Fsp3) is 0.471. The minimum atomic E-state index is -1.35. The molecule has 0 aliphatic carbocycles. The van der Waals surface area contributed by atoms with Gasteiger partial charge in [-0.3, -0.25) is 0 Å². The first-order chi connectivity index (χ1) is 10.0. The lowest BCUT2D eigenvalue weighted by molar-refractivity contribution is -0.361. The predicted molar refractivity (Wildman–Crippen MR) is 81.7 cm³/mol. The van der Waals surface area contributed by atoms with Crippen molar-refractivity contribution in [3.63, 3.8) is 0 Å². The lowest BCUT2D eigenvalue weighted by Gasteiger charge is -2.32. The third kappa shape index (κ3) is 5.69. The van der Waals surface area contributed by atoms with Gasteiger partial charge in [0.1, 0.15) is 0 Å². The number of carbonyl (C=O) groups excluding carboxylic acids is 1. The topological polar surface area (TPSA) is 44.8 Å². The SMILES string of the molecule is C=C(C)C(=O)OC(CCc1ccccc1)(OCC)OCC. The van der Waals surface area contributed by atoms with Gasteiger partial charge in [-0.25, -0.2) is 4.79 Å². The van der Waals surface area contributed by atoms with Gasteiger partial charge in [0.05, 0.1) is 13.2 Å². The lowest BCUT2D eigenvalue weighted by Crippen LogP contribution is -2.42. The summed E-state index contributed by atoms with van der Waals surface area (Å²) in [6.07, 6.45) is 1.11. The van der Waals surface area contributed by atoms with E-state index < -0.39 is 11.9 Å². The molecule has 0 saturated heterocycles. The summed E-state index contributed by atoms with van der Waals surface area (Å²) in [6.45, 7) is 9.64. The van der Waals surface area contributed by atoms with Crippen molar-refractivity contribution < 1.29 is 19.0 Å². The van der Waals surface area contributed by atoms with Crippen molar-refractivity contribution >= 4 is 5.97 Å². The number of carbonyl (C=O) groups is 1. The van der Waals surface area contributed by atoms with E-state index in [2.05, 4.69) is 6.58 Å². The maximum Gasteiger partial charge on any atom is 0.337 e. The number of hydrogen-bond donors (Lipinski definition) is 0. The van der Waals surface area contributed by atoms with Crippen LogP contribution in [0, 0.1) is 0 Å². The third-order valence-electron chi connectivity index (χ3n) is 2.89. The minimum absolute atomic E-state index is 0.318. The molecule has 4 heteroatoms. The largest absolute Gasteiger partial charge is 0.404 e. The van der Waals surface area contributed by atoms with Crippen molar-refractivity contribution in [1.82, 2.24) is 0 Å². The molecule has 116 valence electrons. The van der Waals surface area contributed by atoms with Crippen LogP contribution in [-0.4, -0.2) is 25.2 Å². The zero-order valence-electron chi connectivity index (χ0n) is 13.1. The van der Waals surface area contributed by atoms with E-state index in [1.807, 2.05) is 44.2 Å². The third-order valence-corrected chi connectivity index (χ3v) is 2.89. The van der Waals surface area contributed by atoms with Gasteiger partial charge in [0.15, 0.2) is 0 Å². The molecule has 4 nitrogen and oxygen atoms in total. The maximum absolute atomic E-state index is 11.8. The van der Waals surface area contributed by atoms with Gasteiger partial charge in [0.2, 0.25) is 0 Å². The predicted octanol–water partition coefficient (Wildman–Crippen LogP) is 3.47. The van der Waals surface area contributed by atoms with Crippen LogP contribution in [0.1, 0.15) is 32.8 Å². The molecule has 21 heavy (non-hydrogen) atoms. The number of benzene rings is 1. The van der Waals surface area contributed by atoms with Crippen LogP contribution < -0.4 is 0 Å². The summed E-state index contributed by atoms with van der Waals surface area (Å²) in [5.41, 5.74) is 1.45. The van der Waals surface area contributed by atoms with Crippen molar-refractivity contribution in [3.8, 4) is 0 Å². The van der Waals surface area contributed by atoms with Crippen molar-refractivity contribution in [2.24, 2.45) is 0 Å². The van der Waals surface area contributed by atoms with Gasteiger partial charge in [-0.2, -0.15) is 0 Å². The molecule has 0 aliphatic heterocycles. The van der Waals surface area contributed by atoms with Crippen LogP contribution in [0.5, 0.6) is 0 Å². The smallest absolute Gasteiger partial charge is 0.337 e. The van der Waals surface area contributed by atoms with Crippen LogP contribution in [0.15, 0.2) is 42.5 Å². The number of aryl methyl sites for hydroxylation is 1. The van der Waals surface area contributed by atoms with Crippen LogP contribution in [0.3, 0.4) is 0 Å². The maximum atomic E-state index is 11.8. The number of hydrogen-bond acceptors (Lipinski definition) is 4. The van der Waals surface area contributed by atoms with Crippen LogP contribution in [0.4, 0.5) is 0 Å². The summed E-state index contributed by atoms with van der Waals surface area (Å²) >= 11 is 0. The van der Waals surface area contributed by atoms with Crippen LogP contribution in [0.2, 0.25) is 0 Å². The second-order valence-corrected chi connectivity index (χ2v) is 4.70. The Morgan fingerprint density at radius 1 is 1.14 bits per heavy atom. The van der Waals surface area contributed by atoms with Crippen molar-refractivity contribution in [2.75, 3.05) is 13.2 Å². The van der Waals surface area contributed by atoms with E-state index in [4.69, 9.17) is 14.2 Å². The standard InChI is InChI=1S/C17H24O4/c1-5-19-17(20-6-2,21-16(18)14(3)4)13-12-15-10-8-7-9-11-15/h7-11H,3,5-6,12-13H2,1-2,4H3. The molecule has 0 aliphatic rings. The van der Waals surface area contributed by atoms with Gasteiger partial charge in [-0.1, -0.05) is 36.9 Å². The normalized spacial score (nSPS) is 11.2. The second-order valence-electron chi connectivity index (χ2n) is 4.70. The van der Waals surface area contributed by atoms with Crippen molar-refractivity contribution in [3.05, 3.63) is 48.0 Å². The number of ether oxygens (including phenoxy) is 3. The molecular weight excluding hydrogens is 268 g/mol. The Labute approximate surface area is 126 Å². The summed E-state index contributed by atoms with van der Waals surface area (Å²) in [5.74, 6) is -1.86. The van der Waals surface area contributed by atoms with Crippen molar-refractivity contribution in [2.45, 2.75) is 39.6 Å². The molecule has 0 saturated carbocycles. The Morgan fingerprint density at radius 3 is 2.19 bits per heavy atom. The second kappa shape index (κ2) is 8.60. The zero-order valence-corrected chi connectivity index (χ0v) is 13.1. The molecule has 1 rings (SSSR count). The van der Waals surface area contributed by atoms with Crippen LogP contribution in [-0.2, 0) is 25.4 Å². The van der Waals surface area contributed by atoms with E-state index in [0.29, 0.717) is 31.6 Å². The summed E-state index contributed by atoms with van der Waals surface area (Å²) in [6, 6.07) is 9.94. The molecule has 1 aromatic carbocycles. The van der Waals surface area contributed by atoms with E-state index in [0.717, 1.165) is 5.56 Å². The minimum Gasteiger partial charge on any atom is -0.404 e. The monoisotopic (exact) mass is 292 g/mol. The molecule has 0 bridgehead atoms. The summed E-state index contributed by atoms with van der Waals surface area (Å²) < 4.78 is 16.6. The summed E-state index contributed by atoms with van der Waals surface area (Å²) in [5, 5.41) is 0. The van der Waals surface area contributed by atoms with E-state index in [-0.39, 0.29) is 0 Å². The summed E-state index contributed by atoms with van der Waals surface area (Å²) in [4.78, 5) is 11.8. The highest BCUT2D eigenvalue weighted by molar-refractivity contribution is 5.87. The average molecular weight is 292 g/mol. The highest BCUT2D eigenvalue weighted by Crippen LogP contribution is 2.24. The molecular formula is C17H24O4. The molecule has 0 unspecified atom stereocenters. The van der Waals surface area contributed by atoms with E-state index in [1.165, 1.54) is 0 Å². The molecule has 0 heterocycles. The van der Waals surface area contributed by atoms with Gasteiger partial charge in [-0.15, -0.1) is 0 Å². The molecule has 0 fully saturated rings. The Hall–Kier alpha value is -1.65. The Balaban J connectivity index is 2.83. The first-order valence-electron chi connectivity index (χ1n) is 7.23. The molecule has 0 atom stereocenters. The Morgan fingerprint density at radius 2 is 1.71 bits per heavy atom. The van der Waals surface area contributed by atoms with Gasteiger partial charge >= 0.3 is 11.9 Å². The average Bonchev–Trinajstić information content (AvgIpc) is 2.47. The fourth-order valence-corrected chi connectivity index (χ4v) is 1.91.